The molecule has 0 spiro atoms. The first-order valence-electron chi connectivity index (χ1n) is 7.65. The average molecular weight is 341 g/mol. The first-order chi connectivity index (χ1) is 11.3. The molecule has 1 aliphatic rings. The fourth-order valence-corrected chi connectivity index (χ4v) is 3.78. The van der Waals surface area contributed by atoms with Gasteiger partial charge in [-0.15, -0.1) is 5.92 Å². The molecule has 0 aliphatic carbocycles. The summed E-state index contributed by atoms with van der Waals surface area (Å²) in [6.45, 7) is 5.88. The molecule has 4 nitrogen and oxygen atoms in total. The van der Waals surface area contributed by atoms with Gasteiger partial charge in [-0.25, -0.2) is 0 Å². The Morgan fingerprint density at radius 1 is 1.12 bits per heavy atom. The van der Waals surface area contributed by atoms with Crippen molar-refractivity contribution in [3.63, 3.8) is 0 Å². The topological polar surface area (TPSA) is 57.6 Å². The highest BCUT2D eigenvalue weighted by Gasteiger charge is 2.45. The molecule has 0 fully saturated rings. The largest absolute Gasteiger partial charge is 0.326 e. The summed E-state index contributed by atoms with van der Waals surface area (Å²) < 4.78 is 32.4. The monoisotopic (exact) mass is 341 g/mol. The molecule has 1 atom stereocenters. The third kappa shape index (κ3) is 2.58. The van der Waals surface area contributed by atoms with Crippen LogP contribution in [0.5, 0.6) is 0 Å². The second-order valence-corrected chi connectivity index (χ2v) is 7.80. The Morgan fingerprint density at radius 3 is 2.38 bits per heavy atom. The van der Waals surface area contributed by atoms with E-state index in [0.29, 0.717) is 0 Å². The van der Waals surface area contributed by atoms with E-state index in [4.69, 9.17) is 0 Å². The van der Waals surface area contributed by atoms with Gasteiger partial charge in [-0.1, -0.05) is 38.0 Å². The third-order valence-corrected chi connectivity index (χ3v) is 5.33. The first kappa shape index (κ1) is 16.6. The maximum absolute atomic E-state index is 11.5. The summed E-state index contributed by atoms with van der Waals surface area (Å²) in [5.74, 6) is 6.24. The SMILES string of the molecule is CC#CC1N(c2ccccc2)c2ccc(S(=O)(=O)O)cc2C1(C)C. The van der Waals surface area contributed by atoms with Crippen molar-refractivity contribution in [2.75, 3.05) is 4.90 Å². The average Bonchev–Trinajstić information content (AvgIpc) is 2.75. The van der Waals surface area contributed by atoms with Crippen molar-refractivity contribution < 1.29 is 13.0 Å². The molecule has 24 heavy (non-hydrogen) atoms. The molecule has 3 rings (SSSR count). The Bertz CT molecular complexity index is 938. The normalized spacial score (nSPS) is 18.7. The summed E-state index contributed by atoms with van der Waals surface area (Å²) >= 11 is 0. The van der Waals surface area contributed by atoms with Crippen molar-refractivity contribution in [1.82, 2.24) is 0 Å². The lowest BCUT2D eigenvalue weighted by Gasteiger charge is -2.30. The minimum atomic E-state index is -4.24. The first-order valence-corrected chi connectivity index (χ1v) is 9.09. The molecule has 5 heteroatoms. The van der Waals surface area contributed by atoms with Crippen LogP contribution in [0.4, 0.5) is 11.4 Å². The molecule has 2 aromatic carbocycles. The molecule has 1 unspecified atom stereocenters. The summed E-state index contributed by atoms with van der Waals surface area (Å²) in [6.07, 6.45) is 0. The minimum absolute atomic E-state index is 0.0903. The van der Waals surface area contributed by atoms with Crippen molar-refractivity contribution >= 4 is 21.5 Å². The Hall–Kier alpha value is -2.29. The van der Waals surface area contributed by atoms with Gasteiger partial charge in [0.15, 0.2) is 0 Å². The molecular weight excluding hydrogens is 322 g/mol. The van der Waals surface area contributed by atoms with Gasteiger partial charge in [0.2, 0.25) is 0 Å². The predicted molar refractivity (Wildman–Crippen MR) is 95.1 cm³/mol. The Labute approximate surface area is 142 Å². The van der Waals surface area contributed by atoms with E-state index in [1.807, 2.05) is 44.2 Å². The summed E-state index contributed by atoms with van der Waals surface area (Å²) in [5.41, 5.74) is 2.37. The van der Waals surface area contributed by atoms with Crippen LogP contribution in [0, 0.1) is 11.8 Å². The lowest BCUT2D eigenvalue weighted by molar-refractivity contribution is 0.481. The molecule has 0 bridgehead atoms. The van der Waals surface area contributed by atoms with Crippen molar-refractivity contribution in [3.8, 4) is 11.8 Å². The highest BCUT2D eigenvalue weighted by atomic mass is 32.2. The zero-order chi connectivity index (χ0) is 17.5. The van der Waals surface area contributed by atoms with E-state index in [1.54, 1.807) is 19.1 Å². The molecule has 0 saturated carbocycles. The summed E-state index contributed by atoms with van der Waals surface area (Å²) in [6, 6.07) is 14.5. The van der Waals surface area contributed by atoms with Crippen LogP contribution in [0.1, 0.15) is 26.3 Å². The van der Waals surface area contributed by atoms with Crippen LogP contribution >= 0.6 is 0 Å². The van der Waals surface area contributed by atoms with Gasteiger partial charge >= 0.3 is 0 Å². The highest BCUT2D eigenvalue weighted by molar-refractivity contribution is 7.85. The van der Waals surface area contributed by atoms with Gasteiger partial charge in [0.25, 0.3) is 10.1 Å². The lowest BCUT2D eigenvalue weighted by Crippen LogP contribution is -2.37. The van der Waals surface area contributed by atoms with Crippen molar-refractivity contribution in [1.29, 1.82) is 0 Å². The van der Waals surface area contributed by atoms with E-state index in [0.717, 1.165) is 16.9 Å². The number of fused-ring (bicyclic) bond motifs is 1. The van der Waals surface area contributed by atoms with Crippen LogP contribution in [0.25, 0.3) is 0 Å². The molecular formula is C19H19NO3S. The summed E-state index contributed by atoms with van der Waals surface area (Å²) in [4.78, 5) is 2.03. The van der Waals surface area contributed by atoms with Crippen molar-refractivity contribution in [2.45, 2.75) is 37.1 Å². The van der Waals surface area contributed by atoms with Crippen LogP contribution in [0.3, 0.4) is 0 Å². The van der Waals surface area contributed by atoms with Crippen molar-refractivity contribution in [2.24, 2.45) is 0 Å². The predicted octanol–water partition coefficient (Wildman–Crippen LogP) is 3.75. The van der Waals surface area contributed by atoms with E-state index in [2.05, 4.69) is 16.7 Å². The lowest BCUT2D eigenvalue weighted by atomic mass is 9.80. The Balaban J connectivity index is 2.27. The number of benzene rings is 2. The fraction of sp³-hybridized carbons (Fsp3) is 0.263. The second kappa shape index (κ2) is 5.66. The molecule has 2 aromatic rings. The quantitative estimate of drug-likeness (QED) is 0.667. The number of anilines is 2. The number of rotatable bonds is 2. The maximum atomic E-state index is 11.5. The van der Waals surface area contributed by atoms with Crippen LogP contribution < -0.4 is 4.90 Å². The zero-order valence-electron chi connectivity index (χ0n) is 13.8. The van der Waals surface area contributed by atoms with Crippen LogP contribution in [0.2, 0.25) is 0 Å². The highest BCUT2D eigenvalue weighted by Crippen LogP contribution is 2.49. The van der Waals surface area contributed by atoms with Gasteiger partial charge in [0, 0.05) is 16.8 Å². The van der Waals surface area contributed by atoms with Gasteiger partial charge in [-0.3, -0.25) is 4.55 Å². The van der Waals surface area contributed by atoms with Gasteiger partial charge in [-0.05, 0) is 42.8 Å². The Morgan fingerprint density at radius 2 is 1.79 bits per heavy atom. The number of hydrogen-bond donors (Lipinski definition) is 1. The smallest absolute Gasteiger partial charge is 0.294 e. The van der Waals surface area contributed by atoms with E-state index in [-0.39, 0.29) is 10.9 Å². The van der Waals surface area contributed by atoms with E-state index in [9.17, 15) is 13.0 Å². The molecule has 0 radical (unpaired) electrons. The second-order valence-electron chi connectivity index (χ2n) is 6.38. The van der Waals surface area contributed by atoms with Crippen molar-refractivity contribution in [3.05, 3.63) is 54.1 Å². The molecule has 1 N–H and O–H groups in total. The molecule has 0 saturated heterocycles. The van der Waals surface area contributed by atoms with Crippen LogP contribution in [0.15, 0.2) is 53.4 Å². The van der Waals surface area contributed by atoms with Crippen LogP contribution in [-0.4, -0.2) is 19.0 Å². The van der Waals surface area contributed by atoms with Gasteiger partial charge in [0.1, 0.15) is 6.04 Å². The van der Waals surface area contributed by atoms with Gasteiger partial charge in [0.05, 0.1) is 4.90 Å². The van der Waals surface area contributed by atoms with E-state index < -0.39 is 15.5 Å². The van der Waals surface area contributed by atoms with Gasteiger partial charge in [-0.2, -0.15) is 8.42 Å². The number of hydrogen-bond acceptors (Lipinski definition) is 3. The molecule has 0 amide bonds. The summed E-state index contributed by atoms with van der Waals surface area (Å²) in [5, 5.41) is 0. The standard InChI is InChI=1S/C19H19NO3S/c1-4-8-18-19(2,3)16-13-15(24(21,22)23)11-12-17(16)20(18)14-9-6-5-7-10-14/h5-7,9-13,18H,1-3H3,(H,21,22,23). The van der Waals surface area contributed by atoms with Gasteiger partial charge < -0.3 is 4.90 Å². The molecule has 0 aromatic heterocycles. The third-order valence-electron chi connectivity index (χ3n) is 4.48. The fourth-order valence-electron chi connectivity index (χ4n) is 3.27. The molecule has 1 heterocycles. The van der Waals surface area contributed by atoms with E-state index >= 15 is 0 Å². The Kier molecular flexibility index (Phi) is 3.90. The van der Waals surface area contributed by atoms with Crippen LogP contribution in [-0.2, 0) is 15.5 Å². The number of para-hydroxylation sites is 1. The summed E-state index contributed by atoms with van der Waals surface area (Å²) in [7, 11) is -4.24. The maximum Gasteiger partial charge on any atom is 0.294 e. The van der Waals surface area contributed by atoms with E-state index in [1.165, 1.54) is 6.07 Å². The minimum Gasteiger partial charge on any atom is -0.326 e. The number of nitrogens with zero attached hydrogens (tertiary/aromatic N) is 1. The zero-order valence-corrected chi connectivity index (χ0v) is 14.6. The molecule has 1 aliphatic heterocycles. The molecule has 124 valence electrons.